The van der Waals surface area contributed by atoms with Crippen LogP contribution in [0.3, 0.4) is 0 Å². The lowest BCUT2D eigenvalue weighted by Crippen LogP contribution is -2.32. The number of hydrogen-bond acceptors (Lipinski definition) is 6. The molecule has 0 fully saturated rings. The molecule has 0 saturated heterocycles. The first-order chi connectivity index (χ1) is 23.4. The first-order valence-corrected chi connectivity index (χ1v) is 20.4. The SMILES string of the molecule is CCCCCCCCCCCCNS(=O)(=O)c1ccc(Cl)c(NS(=O)(=O)c2ccc(Cl)c(NC(=O)CC(=O)N3CCc4ccccc43)c2)c1. The van der Waals surface area contributed by atoms with Crippen molar-refractivity contribution in [3.8, 4) is 0 Å². The maximum atomic E-state index is 13.4. The number of rotatable bonds is 19. The Hall–Kier alpha value is -3.16. The van der Waals surface area contributed by atoms with Crippen molar-refractivity contribution in [2.24, 2.45) is 0 Å². The predicted molar refractivity (Wildman–Crippen MR) is 196 cm³/mol. The lowest BCUT2D eigenvalue weighted by Gasteiger charge is -2.17. The molecule has 1 aliphatic rings. The smallest absolute Gasteiger partial charge is 0.262 e. The first-order valence-electron chi connectivity index (χ1n) is 16.7. The molecular formula is C35H44Cl2N4O6S2. The summed E-state index contributed by atoms with van der Waals surface area (Å²) in [4.78, 5) is 26.8. The van der Waals surface area contributed by atoms with Crippen molar-refractivity contribution < 1.29 is 26.4 Å². The number of anilines is 3. The zero-order chi connectivity index (χ0) is 35.4. The Balaban J connectivity index is 1.32. The van der Waals surface area contributed by atoms with Gasteiger partial charge in [-0.1, -0.05) is 106 Å². The number of para-hydroxylation sites is 1. The van der Waals surface area contributed by atoms with Gasteiger partial charge in [0.1, 0.15) is 6.42 Å². The van der Waals surface area contributed by atoms with Crippen LogP contribution in [0, 0.1) is 0 Å². The third kappa shape index (κ3) is 11.2. The monoisotopic (exact) mass is 750 g/mol. The van der Waals surface area contributed by atoms with E-state index in [0.717, 1.165) is 42.6 Å². The maximum Gasteiger partial charge on any atom is 0.262 e. The number of sulfonamides is 2. The van der Waals surface area contributed by atoms with Gasteiger partial charge in [0, 0.05) is 18.8 Å². The van der Waals surface area contributed by atoms with Crippen molar-refractivity contribution in [1.29, 1.82) is 0 Å². The molecule has 0 aliphatic carbocycles. The Labute approximate surface area is 300 Å². The fourth-order valence-corrected chi connectivity index (χ4v) is 8.23. The number of nitrogens with zero attached hydrogens (tertiary/aromatic N) is 1. The summed E-state index contributed by atoms with van der Waals surface area (Å²) in [6.07, 6.45) is 11.5. The Kier molecular flexibility index (Phi) is 14.3. The van der Waals surface area contributed by atoms with Crippen molar-refractivity contribution in [3.63, 3.8) is 0 Å². The predicted octanol–water partition coefficient (Wildman–Crippen LogP) is 7.91. The summed E-state index contributed by atoms with van der Waals surface area (Å²) >= 11 is 12.5. The molecule has 10 nitrogen and oxygen atoms in total. The first kappa shape index (κ1) is 38.6. The molecule has 3 aromatic rings. The molecule has 49 heavy (non-hydrogen) atoms. The number of carbonyl (C=O) groups is 2. The number of fused-ring (bicyclic) bond motifs is 1. The number of amides is 2. The number of nitrogens with one attached hydrogen (secondary N) is 3. The summed E-state index contributed by atoms with van der Waals surface area (Å²) in [5, 5.41) is 2.58. The zero-order valence-electron chi connectivity index (χ0n) is 27.6. The van der Waals surface area contributed by atoms with Gasteiger partial charge in [0.15, 0.2) is 0 Å². The highest BCUT2D eigenvalue weighted by molar-refractivity contribution is 7.92. The van der Waals surface area contributed by atoms with Crippen LogP contribution < -0.4 is 19.7 Å². The van der Waals surface area contributed by atoms with Crippen LogP contribution in [0.25, 0.3) is 0 Å². The number of unbranched alkanes of at least 4 members (excludes halogenated alkanes) is 9. The summed E-state index contributed by atoms with van der Waals surface area (Å²) in [6, 6.07) is 14.9. The van der Waals surface area contributed by atoms with Crippen molar-refractivity contribution in [2.75, 3.05) is 28.0 Å². The molecule has 0 atom stereocenters. The van der Waals surface area contributed by atoms with Gasteiger partial charge in [-0.25, -0.2) is 21.6 Å². The van der Waals surface area contributed by atoms with E-state index in [1.54, 1.807) is 4.90 Å². The lowest BCUT2D eigenvalue weighted by atomic mass is 10.1. The van der Waals surface area contributed by atoms with E-state index in [0.29, 0.717) is 19.4 Å². The van der Waals surface area contributed by atoms with Gasteiger partial charge in [0.05, 0.1) is 31.2 Å². The van der Waals surface area contributed by atoms with Crippen LogP contribution in [0.15, 0.2) is 70.5 Å². The van der Waals surface area contributed by atoms with E-state index in [2.05, 4.69) is 21.7 Å². The van der Waals surface area contributed by atoms with Crippen LogP contribution in [0.2, 0.25) is 10.0 Å². The van der Waals surface area contributed by atoms with E-state index in [4.69, 9.17) is 23.2 Å². The van der Waals surface area contributed by atoms with Gasteiger partial charge in [-0.05, 0) is 60.9 Å². The number of hydrogen-bond donors (Lipinski definition) is 3. The van der Waals surface area contributed by atoms with E-state index in [9.17, 15) is 26.4 Å². The highest BCUT2D eigenvalue weighted by Gasteiger charge is 2.26. The van der Waals surface area contributed by atoms with E-state index >= 15 is 0 Å². The molecule has 4 rings (SSSR count). The average Bonchev–Trinajstić information content (AvgIpc) is 3.50. The molecule has 0 saturated carbocycles. The molecule has 266 valence electrons. The van der Waals surface area contributed by atoms with Crippen molar-refractivity contribution in [1.82, 2.24) is 4.72 Å². The average molecular weight is 752 g/mol. The molecular weight excluding hydrogens is 707 g/mol. The molecule has 0 aromatic heterocycles. The Bertz CT molecular complexity index is 1840. The van der Waals surface area contributed by atoms with Gasteiger partial charge in [0.2, 0.25) is 21.8 Å². The van der Waals surface area contributed by atoms with Gasteiger partial charge in [-0.2, -0.15) is 0 Å². The maximum absolute atomic E-state index is 13.4. The number of halogens is 2. The summed E-state index contributed by atoms with van der Waals surface area (Å²) in [5.41, 5.74) is 1.63. The highest BCUT2D eigenvalue weighted by atomic mass is 35.5. The Morgan fingerprint density at radius 3 is 1.98 bits per heavy atom. The molecule has 3 N–H and O–H groups in total. The molecule has 1 heterocycles. The summed E-state index contributed by atoms with van der Waals surface area (Å²) < 4.78 is 57.6. The molecule has 0 bridgehead atoms. The van der Waals surface area contributed by atoms with Crippen LogP contribution in [0.5, 0.6) is 0 Å². The number of benzene rings is 3. The van der Waals surface area contributed by atoms with Crippen molar-refractivity contribution in [2.45, 2.75) is 93.8 Å². The van der Waals surface area contributed by atoms with Gasteiger partial charge >= 0.3 is 0 Å². The fraction of sp³-hybridized carbons (Fsp3) is 0.429. The minimum absolute atomic E-state index is 0.0113. The van der Waals surface area contributed by atoms with Gasteiger partial charge in [-0.3, -0.25) is 14.3 Å². The molecule has 14 heteroatoms. The Morgan fingerprint density at radius 1 is 0.735 bits per heavy atom. The second-order valence-corrected chi connectivity index (χ2v) is 16.4. The summed E-state index contributed by atoms with van der Waals surface area (Å²) in [6.45, 7) is 2.93. The summed E-state index contributed by atoms with van der Waals surface area (Å²) in [7, 11) is -8.24. The number of carbonyl (C=O) groups excluding carboxylic acids is 2. The zero-order valence-corrected chi connectivity index (χ0v) is 30.8. The quantitative estimate of drug-likeness (QED) is 0.0840. The lowest BCUT2D eigenvalue weighted by molar-refractivity contribution is -0.125. The molecule has 0 unspecified atom stereocenters. The largest absolute Gasteiger partial charge is 0.324 e. The third-order valence-corrected chi connectivity index (χ3v) is 11.8. The molecule has 2 amide bonds. The topological polar surface area (TPSA) is 142 Å². The fourth-order valence-electron chi connectivity index (χ4n) is 5.65. The Morgan fingerprint density at radius 2 is 1.31 bits per heavy atom. The van der Waals surface area contributed by atoms with Crippen LogP contribution in [0.1, 0.15) is 83.1 Å². The standard InChI is InChI=1S/C35H44Cl2N4O6S2/c1-2-3-4-5-6-7-8-9-10-13-21-38-48(44,45)27-16-19-30(37)32(24-27)40-49(46,47)28-17-18-29(36)31(23-28)39-34(42)25-35(43)41-22-20-26-14-11-12-15-33(26)41/h11-12,14-19,23-24,38,40H,2-10,13,20-22,25H2,1H3,(H,39,42). The molecule has 0 radical (unpaired) electrons. The van der Waals surface area contributed by atoms with Crippen LogP contribution in [0.4, 0.5) is 17.1 Å². The normalized spacial score (nSPS) is 12.9. The minimum atomic E-state index is -4.32. The van der Waals surface area contributed by atoms with E-state index < -0.39 is 38.3 Å². The van der Waals surface area contributed by atoms with Gasteiger partial charge in [-0.15, -0.1) is 0 Å². The van der Waals surface area contributed by atoms with Crippen LogP contribution >= 0.6 is 23.2 Å². The van der Waals surface area contributed by atoms with Crippen LogP contribution in [-0.2, 0) is 36.1 Å². The molecule has 0 spiro atoms. The minimum Gasteiger partial charge on any atom is -0.324 e. The molecule has 3 aromatic carbocycles. The second kappa shape index (κ2) is 18.2. The second-order valence-electron chi connectivity index (χ2n) is 12.1. The highest BCUT2D eigenvalue weighted by Crippen LogP contribution is 2.31. The van der Waals surface area contributed by atoms with Gasteiger partial charge < -0.3 is 10.2 Å². The van der Waals surface area contributed by atoms with Gasteiger partial charge in [0.25, 0.3) is 10.0 Å². The van der Waals surface area contributed by atoms with Crippen molar-refractivity contribution >= 4 is 72.1 Å². The van der Waals surface area contributed by atoms with Crippen molar-refractivity contribution in [3.05, 3.63) is 76.3 Å². The third-order valence-electron chi connectivity index (χ3n) is 8.34. The molecule has 1 aliphatic heterocycles. The van der Waals surface area contributed by atoms with Crippen LogP contribution in [-0.4, -0.2) is 41.7 Å². The van der Waals surface area contributed by atoms with E-state index in [-0.39, 0.29) is 37.8 Å². The van der Waals surface area contributed by atoms with E-state index in [1.807, 2.05) is 24.3 Å². The summed E-state index contributed by atoms with van der Waals surface area (Å²) in [5.74, 6) is -1.06. The van der Waals surface area contributed by atoms with E-state index in [1.165, 1.54) is 62.8 Å².